The number of carboxylic acids is 2. The third kappa shape index (κ3) is 2.31. The van der Waals surface area contributed by atoms with E-state index in [-0.39, 0.29) is 12.1 Å². The number of carbonyl (C=O) groups is 2. The third-order valence-electron chi connectivity index (χ3n) is 3.20. The zero-order valence-electron chi connectivity index (χ0n) is 10.8. The second-order valence-electron chi connectivity index (χ2n) is 4.50. The average Bonchev–Trinajstić information content (AvgIpc) is 2.64. The SMILES string of the molecule is CCc1cc(C(=O)O)cc2cc(C)n(CC(=O)O)c12. The van der Waals surface area contributed by atoms with Gasteiger partial charge in [0.2, 0.25) is 0 Å². The molecule has 2 aromatic rings. The highest BCUT2D eigenvalue weighted by Gasteiger charge is 2.15. The van der Waals surface area contributed by atoms with E-state index in [0.29, 0.717) is 6.42 Å². The van der Waals surface area contributed by atoms with Crippen molar-refractivity contribution in [3.05, 3.63) is 35.0 Å². The first-order valence-electron chi connectivity index (χ1n) is 6.02. The number of aliphatic carboxylic acids is 1. The van der Waals surface area contributed by atoms with E-state index in [1.54, 1.807) is 16.7 Å². The topological polar surface area (TPSA) is 79.5 Å². The molecule has 1 aromatic carbocycles. The maximum Gasteiger partial charge on any atom is 0.335 e. The molecule has 0 fully saturated rings. The molecule has 0 atom stereocenters. The van der Waals surface area contributed by atoms with Crippen LogP contribution in [0.15, 0.2) is 18.2 Å². The van der Waals surface area contributed by atoms with E-state index in [1.807, 2.05) is 19.9 Å². The Balaban J connectivity index is 2.75. The smallest absolute Gasteiger partial charge is 0.335 e. The minimum atomic E-state index is -0.972. The highest BCUT2D eigenvalue weighted by molar-refractivity contribution is 5.96. The van der Waals surface area contributed by atoms with E-state index in [1.165, 1.54) is 0 Å². The number of aromatic carboxylic acids is 1. The number of aromatic nitrogens is 1. The molecule has 5 heteroatoms. The fraction of sp³-hybridized carbons (Fsp3) is 0.286. The molecule has 100 valence electrons. The van der Waals surface area contributed by atoms with Gasteiger partial charge in [0.1, 0.15) is 6.54 Å². The van der Waals surface area contributed by atoms with Gasteiger partial charge in [-0.05, 0) is 37.1 Å². The van der Waals surface area contributed by atoms with Gasteiger partial charge in [-0.2, -0.15) is 0 Å². The number of carboxylic acid groups (broad SMARTS) is 2. The Morgan fingerprint density at radius 2 is 1.89 bits per heavy atom. The molecule has 2 rings (SSSR count). The Kier molecular flexibility index (Phi) is 3.29. The molecule has 19 heavy (non-hydrogen) atoms. The van der Waals surface area contributed by atoms with Gasteiger partial charge in [-0.25, -0.2) is 4.79 Å². The van der Waals surface area contributed by atoms with E-state index in [0.717, 1.165) is 22.2 Å². The van der Waals surface area contributed by atoms with E-state index in [9.17, 15) is 9.59 Å². The van der Waals surface area contributed by atoms with Crippen LogP contribution in [0.3, 0.4) is 0 Å². The van der Waals surface area contributed by atoms with Crippen LogP contribution < -0.4 is 0 Å². The zero-order valence-corrected chi connectivity index (χ0v) is 10.8. The van der Waals surface area contributed by atoms with Gasteiger partial charge in [-0.15, -0.1) is 0 Å². The number of hydrogen-bond donors (Lipinski definition) is 2. The normalized spacial score (nSPS) is 10.8. The quantitative estimate of drug-likeness (QED) is 0.885. The summed E-state index contributed by atoms with van der Waals surface area (Å²) in [6.45, 7) is 3.63. The number of fused-ring (bicyclic) bond motifs is 1. The Morgan fingerprint density at radius 1 is 1.21 bits per heavy atom. The summed E-state index contributed by atoms with van der Waals surface area (Å²) >= 11 is 0. The Bertz CT molecular complexity index is 670. The van der Waals surface area contributed by atoms with Crippen molar-refractivity contribution in [2.24, 2.45) is 0 Å². The second-order valence-corrected chi connectivity index (χ2v) is 4.50. The average molecular weight is 261 g/mol. The van der Waals surface area contributed by atoms with Crippen LogP contribution in [-0.4, -0.2) is 26.7 Å². The largest absolute Gasteiger partial charge is 0.480 e. The molecule has 0 aliphatic heterocycles. The number of benzene rings is 1. The van der Waals surface area contributed by atoms with Crippen molar-refractivity contribution in [2.45, 2.75) is 26.8 Å². The Labute approximate surface area is 110 Å². The molecule has 0 aliphatic rings. The van der Waals surface area contributed by atoms with E-state index >= 15 is 0 Å². The summed E-state index contributed by atoms with van der Waals surface area (Å²) in [6, 6.07) is 5.02. The molecule has 1 aromatic heterocycles. The third-order valence-corrected chi connectivity index (χ3v) is 3.20. The molecule has 0 saturated carbocycles. The lowest BCUT2D eigenvalue weighted by Gasteiger charge is -2.09. The van der Waals surface area contributed by atoms with Crippen LogP contribution in [0.25, 0.3) is 10.9 Å². The summed E-state index contributed by atoms with van der Waals surface area (Å²) in [5.41, 5.74) is 2.71. The van der Waals surface area contributed by atoms with Crippen LogP contribution in [0.4, 0.5) is 0 Å². The summed E-state index contributed by atoms with van der Waals surface area (Å²) in [5.74, 6) is -1.88. The van der Waals surface area contributed by atoms with Gasteiger partial charge in [-0.3, -0.25) is 4.79 Å². The molecule has 0 aliphatic carbocycles. The number of aryl methyl sites for hydroxylation is 2. The van der Waals surface area contributed by atoms with Crippen molar-refractivity contribution in [1.82, 2.24) is 4.57 Å². The number of rotatable bonds is 4. The zero-order chi connectivity index (χ0) is 14.2. The van der Waals surface area contributed by atoms with Crippen molar-refractivity contribution in [3.63, 3.8) is 0 Å². The first-order valence-corrected chi connectivity index (χ1v) is 6.02. The van der Waals surface area contributed by atoms with Crippen molar-refractivity contribution < 1.29 is 19.8 Å². The maximum atomic E-state index is 11.1. The molecule has 2 N–H and O–H groups in total. The van der Waals surface area contributed by atoms with Gasteiger partial charge in [0.15, 0.2) is 0 Å². The summed E-state index contributed by atoms with van der Waals surface area (Å²) in [6.07, 6.45) is 0.653. The molecule has 5 nitrogen and oxygen atoms in total. The minimum Gasteiger partial charge on any atom is -0.480 e. The predicted octanol–water partition coefficient (Wildman–Crippen LogP) is 2.29. The molecule has 0 spiro atoms. The lowest BCUT2D eigenvalue weighted by atomic mass is 10.0. The molecule has 1 heterocycles. The fourth-order valence-corrected chi connectivity index (χ4v) is 2.37. The van der Waals surface area contributed by atoms with Crippen LogP contribution in [0.2, 0.25) is 0 Å². The van der Waals surface area contributed by atoms with Gasteiger partial charge in [0, 0.05) is 11.1 Å². The molecule has 0 saturated heterocycles. The van der Waals surface area contributed by atoms with Crippen molar-refractivity contribution in [3.8, 4) is 0 Å². The van der Waals surface area contributed by atoms with Gasteiger partial charge in [0.05, 0.1) is 11.1 Å². The van der Waals surface area contributed by atoms with E-state index in [2.05, 4.69) is 0 Å². The minimum absolute atomic E-state index is 0.116. The standard InChI is InChI=1S/C14H15NO4/c1-3-9-5-11(14(18)19)6-10-4-8(2)15(13(9)10)7-12(16)17/h4-6H,3,7H2,1-2H3,(H,16,17)(H,18,19). The van der Waals surface area contributed by atoms with Gasteiger partial charge in [0.25, 0.3) is 0 Å². The van der Waals surface area contributed by atoms with Gasteiger partial charge < -0.3 is 14.8 Å². The molecular weight excluding hydrogens is 246 g/mol. The lowest BCUT2D eigenvalue weighted by Crippen LogP contribution is -2.11. The molecule has 0 amide bonds. The van der Waals surface area contributed by atoms with Crippen LogP contribution in [-0.2, 0) is 17.8 Å². The van der Waals surface area contributed by atoms with Crippen molar-refractivity contribution in [1.29, 1.82) is 0 Å². The maximum absolute atomic E-state index is 11.1. The first-order chi connectivity index (χ1) is 8.93. The molecular formula is C14H15NO4. The van der Waals surface area contributed by atoms with Crippen molar-refractivity contribution >= 4 is 22.8 Å². The highest BCUT2D eigenvalue weighted by Crippen LogP contribution is 2.26. The van der Waals surface area contributed by atoms with Crippen LogP contribution in [0.1, 0.15) is 28.5 Å². The van der Waals surface area contributed by atoms with Gasteiger partial charge in [-0.1, -0.05) is 6.92 Å². The summed E-state index contributed by atoms with van der Waals surface area (Å²) in [5, 5.41) is 18.8. The predicted molar refractivity (Wildman–Crippen MR) is 70.6 cm³/mol. The Morgan fingerprint density at radius 3 is 2.42 bits per heavy atom. The summed E-state index contributed by atoms with van der Waals surface area (Å²) < 4.78 is 1.71. The van der Waals surface area contributed by atoms with Crippen LogP contribution in [0, 0.1) is 6.92 Å². The summed E-state index contributed by atoms with van der Waals surface area (Å²) in [4.78, 5) is 22.0. The highest BCUT2D eigenvalue weighted by atomic mass is 16.4. The fourth-order valence-electron chi connectivity index (χ4n) is 2.37. The second kappa shape index (κ2) is 4.76. The number of hydrogen-bond acceptors (Lipinski definition) is 2. The van der Waals surface area contributed by atoms with Crippen molar-refractivity contribution in [2.75, 3.05) is 0 Å². The summed E-state index contributed by atoms with van der Waals surface area (Å²) in [7, 11) is 0. The van der Waals surface area contributed by atoms with Crippen LogP contribution in [0.5, 0.6) is 0 Å². The first kappa shape index (κ1) is 13.1. The monoisotopic (exact) mass is 261 g/mol. The van der Waals surface area contributed by atoms with Gasteiger partial charge >= 0.3 is 11.9 Å². The molecule has 0 unspecified atom stereocenters. The lowest BCUT2D eigenvalue weighted by molar-refractivity contribution is -0.137. The van der Waals surface area contributed by atoms with E-state index < -0.39 is 11.9 Å². The number of nitrogens with zero attached hydrogens (tertiary/aromatic N) is 1. The van der Waals surface area contributed by atoms with Crippen LogP contribution >= 0.6 is 0 Å². The Hall–Kier alpha value is -2.30. The van der Waals surface area contributed by atoms with E-state index in [4.69, 9.17) is 10.2 Å². The molecule has 0 radical (unpaired) electrons. The molecule has 0 bridgehead atoms.